The zero-order valence-corrected chi connectivity index (χ0v) is 12.3. The molecule has 0 aliphatic heterocycles. The Morgan fingerprint density at radius 3 is 2.62 bits per heavy atom. The highest BCUT2D eigenvalue weighted by Gasteiger charge is 2.21. The number of ether oxygens (including phenoxy) is 1. The van der Waals surface area contributed by atoms with E-state index in [2.05, 4.69) is 15.9 Å². The minimum Gasteiger partial charge on any atom is -0.483 e. The molecule has 7 heteroatoms. The molecule has 1 atom stereocenters. The predicted octanol–water partition coefficient (Wildman–Crippen LogP) is 3.61. The first-order valence-electron chi connectivity index (χ1n) is 5.98. The second-order valence-electron chi connectivity index (χ2n) is 4.23. The lowest BCUT2D eigenvalue weighted by atomic mass is 10.1. The van der Waals surface area contributed by atoms with Crippen LogP contribution in [-0.4, -0.2) is 16.6 Å². The zero-order chi connectivity index (χ0) is 15.4. The minimum absolute atomic E-state index is 0.114. The molecule has 5 nitrogen and oxygen atoms in total. The van der Waals surface area contributed by atoms with Gasteiger partial charge in [-0.15, -0.1) is 0 Å². The van der Waals surface area contributed by atoms with Gasteiger partial charge in [0.05, 0.1) is 15.5 Å². The second-order valence-corrected chi connectivity index (χ2v) is 5.08. The molecular weight excluding hydrogens is 345 g/mol. The molecule has 0 amide bonds. The largest absolute Gasteiger partial charge is 0.483 e. The van der Waals surface area contributed by atoms with Crippen molar-refractivity contribution in [2.24, 2.45) is 0 Å². The Morgan fingerprint density at radius 2 is 2.00 bits per heavy atom. The first-order chi connectivity index (χ1) is 9.99. The topological polar surface area (TPSA) is 72.6 Å². The van der Waals surface area contributed by atoms with E-state index in [1.54, 1.807) is 30.3 Å². The van der Waals surface area contributed by atoms with Gasteiger partial charge in [0.15, 0.2) is 0 Å². The summed E-state index contributed by atoms with van der Waals surface area (Å²) in [5.41, 5.74) is 0.125. The van der Waals surface area contributed by atoms with Gasteiger partial charge in [0.25, 0.3) is 0 Å². The molecule has 0 spiro atoms. The molecule has 2 aromatic carbocycles. The summed E-state index contributed by atoms with van der Waals surface area (Å²) < 4.78 is 18.6. The van der Waals surface area contributed by atoms with Crippen molar-refractivity contribution in [2.45, 2.75) is 6.10 Å². The van der Waals surface area contributed by atoms with Gasteiger partial charge < -0.3 is 9.84 Å². The van der Waals surface area contributed by atoms with E-state index in [1.807, 2.05) is 0 Å². The van der Waals surface area contributed by atoms with Gasteiger partial charge in [-0.3, -0.25) is 10.1 Å². The molecule has 0 saturated heterocycles. The molecule has 1 N–H and O–H groups in total. The summed E-state index contributed by atoms with van der Waals surface area (Å²) in [5.74, 6) is -0.860. The maximum absolute atomic E-state index is 13.2. The van der Waals surface area contributed by atoms with Crippen molar-refractivity contribution in [1.82, 2.24) is 0 Å². The summed E-state index contributed by atoms with van der Waals surface area (Å²) in [6.07, 6.45) is -0.942. The molecule has 0 aromatic heterocycles. The SMILES string of the molecule is O=[N+]([O-])c1cc(F)cc(Br)c1OCC(O)c1ccccc1. The quantitative estimate of drug-likeness (QED) is 0.656. The third-order valence-corrected chi connectivity index (χ3v) is 3.34. The molecule has 0 aliphatic carbocycles. The average Bonchev–Trinajstić information content (AvgIpc) is 2.46. The van der Waals surface area contributed by atoms with E-state index in [1.165, 1.54) is 0 Å². The number of nitro benzene ring substituents is 1. The van der Waals surface area contributed by atoms with Crippen LogP contribution in [-0.2, 0) is 0 Å². The van der Waals surface area contributed by atoms with E-state index < -0.39 is 22.5 Å². The summed E-state index contributed by atoms with van der Waals surface area (Å²) in [7, 11) is 0. The highest BCUT2D eigenvalue weighted by Crippen LogP contribution is 2.36. The Bertz CT molecular complexity index is 651. The second kappa shape index (κ2) is 6.64. The Morgan fingerprint density at radius 1 is 1.33 bits per heavy atom. The fourth-order valence-corrected chi connectivity index (χ4v) is 2.30. The first-order valence-corrected chi connectivity index (χ1v) is 6.77. The molecule has 0 fully saturated rings. The number of hydrogen-bond acceptors (Lipinski definition) is 4. The molecule has 2 rings (SSSR count). The van der Waals surface area contributed by atoms with E-state index in [9.17, 15) is 19.6 Å². The van der Waals surface area contributed by atoms with Crippen LogP contribution in [0.1, 0.15) is 11.7 Å². The summed E-state index contributed by atoms with van der Waals surface area (Å²) in [5, 5.41) is 20.9. The normalized spacial score (nSPS) is 12.0. The molecule has 0 heterocycles. The van der Waals surface area contributed by atoms with Gasteiger partial charge in [-0.25, -0.2) is 4.39 Å². The monoisotopic (exact) mass is 355 g/mol. The van der Waals surface area contributed by atoms with Crippen molar-refractivity contribution in [2.75, 3.05) is 6.61 Å². The standard InChI is InChI=1S/C14H11BrFNO4/c15-11-6-10(16)7-12(17(19)20)14(11)21-8-13(18)9-4-2-1-3-5-9/h1-7,13,18H,8H2. The van der Waals surface area contributed by atoms with Crippen LogP contribution in [0.4, 0.5) is 10.1 Å². The number of hydrogen-bond donors (Lipinski definition) is 1. The maximum Gasteiger partial charge on any atom is 0.315 e. The van der Waals surface area contributed by atoms with Gasteiger partial charge in [0.1, 0.15) is 18.5 Å². The fraction of sp³-hybridized carbons (Fsp3) is 0.143. The predicted molar refractivity (Wildman–Crippen MR) is 77.7 cm³/mol. The van der Waals surface area contributed by atoms with Crippen molar-refractivity contribution < 1.29 is 19.2 Å². The van der Waals surface area contributed by atoms with Gasteiger partial charge >= 0.3 is 5.69 Å². The molecule has 0 saturated carbocycles. The lowest BCUT2D eigenvalue weighted by Gasteiger charge is -2.13. The number of aliphatic hydroxyl groups is 1. The van der Waals surface area contributed by atoms with Crippen LogP contribution in [0, 0.1) is 15.9 Å². The Kier molecular flexibility index (Phi) is 4.87. The number of nitro groups is 1. The lowest BCUT2D eigenvalue weighted by molar-refractivity contribution is -0.386. The fourth-order valence-electron chi connectivity index (χ4n) is 1.76. The van der Waals surface area contributed by atoms with Crippen LogP contribution in [0.3, 0.4) is 0 Å². The van der Waals surface area contributed by atoms with Crippen molar-refractivity contribution in [3.63, 3.8) is 0 Å². The molecule has 0 radical (unpaired) electrons. The third kappa shape index (κ3) is 3.77. The summed E-state index contributed by atoms with van der Waals surface area (Å²) >= 11 is 3.02. The van der Waals surface area contributed by atoms with Crippen LogP contribution >= 0.6 is 15.9 Å². The van der Waals surface area contributed by atoms with E-state index in [0.717, 1.165) is 12.1 Å². The smallest absolute Gasteiger partial charge is 0.315 e. The first kappa shape index (κ1) is 15.4. The van der Waals surface area contributed by atoms with Gasteiger partial charge in [-0.1, -0.05) is 30.3 Å². The van der Waals surface area contributed by atoms with Gasteiger partial charge in [-0.2, -0.15) is 0 Å². The highest BCUT2D eigenvalue weighted by atomic mass is 79.9. The molecule has 0 aliphatic rings. The maximum atomic E-state index is 13.2. The molecule has 0 bridgehead atoms. The van der Waals surface area contributed by atoms with Crippen LogP contribution in [0.5, 0.6) is 5.75 Å². The Labute approximate surface area is 128 Å². The summed E-state index contributed by atoms with van der Waals surface area (Å²) in [6, 6.07) is 10.6. The number of aliphatic hydroxyl groups excluding tert-OH is 1. The molecule has 110 valence electrons. The van der Waals surface area contributed by atoms with Crippen molar-refractivity contribution in [3.05, 3.63) is 68.4 Å². The Balaban J connectivity index is 2.18. The number of benzene rings is 2. The van der Waals surface area contributed by atoms with E-state index in [4.69, 9.17) is 4.74 Å². The van der Waals surface area contributed by atoms with E-state index >= 15 is 0 Å². The van der Waals surface area contributed by atoms with Crippen molar-refractivity contribution in [3.8, 4) is 5.75 Å². The van der Waals surface area contributed by atoms with Gasteiger partial charge in [0.2, 0.25) is 5.75 Å². The van der Waals surface area contributed by atoms with Crippen molar-refractivity contribution >= 4 is 21.6 Å². The van der Waals surface area contributed by atoms with Crippen LogP contribution in [0.2, 0.25) is 0 Å². The Hall–Kier alpha value is -1.99. The van der Waals surface area contributed by atoms with Gasteiger partial charge in [-0.05, 0) is 27.6 Å². The van der Waals surface area contributed by atoms with E-state index in [0.29, 0.717) is 5.56 Å². The van der Waals surface area contributed by atoms with Crippen molar-refractivity contribution in [1.29, 1.82) is 0 Å². The van der Waals surface area contributed by atoms with Crippen LogP contribution in [0.25, 0.3) is 0 Å². The molecule has 21 heavy (non-hydrogen) atoms. The van der Waals surface area contributed by atoms with Crippen LogP contribution in [0.15, 0.2) is 46.9 Å². The highest BCUT2D eigenvalue weighted by molar-refractivity contribution is 9.10. The number of halogens is 2. The average molecular weight is 356 g/mol. The molecule has 1 unspecified atom stereocenters. The molecule has 2 aromatic rings. The minimum atomic E-state index is -0.942. The van der Waals surface area contributed by atoms with Crippen LogP contribution < -0.4 is 4.74 Å². The van der Waals surface area contributed by atoms with E-state index in [-0.39, 0.29) is 16.8 Å². The summed E-state index contributed by atoms with van der Waals surface area (Å²) in [6.45, 7) is -0.185. The third-order valence-electron chi connectivity index (χ3n) is 2.76. The summed E-state index contributed by atoms with van der Waals surface area (Å²) in [4.78, 5) is 10.2. The number of nitrogens with zero attached hydrogens (tertiary/aromatic N) is 1. The number of rotatable bonds is 5. The lowest BCUT2D eigenvalue weighted by Crippen LogP contribution is -2.11. The zero-order valence-electron chi connectivity index (χ0n) is 10.7. The molecular formula is C14H11BrFNO4. The van der Waals surface area contributed by atoms with Gasteiger partial charge in [0, 0.05) is 0 Å².